The molecule has 3 atom stereocenters. The van der Waals surface area contributed by atoms with Crippen molar-refractivity contribution in [2.24, 2.45) is 0 Å². The van der Waals surface area contributed by atoms with Gasteiger partial charge in [-0.25, -0.2) is 4.79 Å². The summed E-state index contributed by atoms with van der Waals surface area (Å²) in [6, 6.07) is 1.20. The number of aliphatic hydroxyl groups is 1. The Hall–Kier alpha value is -3.13. The average Bonchev–Trinajstić information content (AvgIpc) is 2.96. The number of rotatable bonds is 5. The number of hydrogen-bond donors (Lipinski definition) is 3. The highest BCUT2D eigenvalue weighted by Gasteiger charge is 2.52. The zero-order valence-electron chi connectivity index (χ0n) is 17.4. The number of fused-ring (bicyclic) bond motifs is 3. The van der Waals surface area contributed by atoms with E-state index < -0.39 is 35.2 Å². The lowest BCUT2D eigenvalue weighted by Crippen LogP contribution is -2.44. The summed E-state index contributed by atoms with van der Waals surface area (Å²) >= 11 is 0. The zero-order chi connectivity index (χ0) is 22.5. The number of methoxy groups -OCH3 is 1. The van der Waals surface area contributed by atoms with Gasteiger partial charge < -0.3 is 24.8 Å². The SMILES string of the molecule is COC1=C(C)C(=O)c2c(cc(O)c3c2OC(C)C3(C)C(O)C/C=C(\C)C(=O)O)C1=O. The fourth-order valence-corrected chi connectivity index (χ4v) is 4.08. The van der Waals surface area contributed by atoms with E-state index in [1.807, 2.05) is 0 Å². The number of carbonyl (C=O) groups excluding carboxylic acids is 2. The van der Waals surface area contributed by atoms with E-state index in [1.165, 1.54) is 33.1 Å². The molecule has 0 spiro atoms. The van der Waals surface area contributed by atoms with Gasteiger partial charge in [-0.2, -0.15) is 0 Å². The van der Waals surface area contributed by atoms with E-state index >= 15 is 0 Å². The minimum absolute atomic E-state index is 0.00206. The molecule has 0 saturated carbocycles. The van der Waals surface area contributed by atoms with Crippen LogP contribution in [0.4, 0.5) is 0 Å². The van der Waals surface area contributed by atoms with Crippen LogP contribution < -0.4 is 4.74 Å². The minimum Gasteiger partial charge on any atom is -0.507 e. The molecule has 0 bridgehead atoms. The van der Waals surface area contributed by atoms with Crippen molar-refractivity contribution in [1.29, 1.82) is 0 Å². The van der Waals surface area contributed by atoms with E-state index in [1.54, 1.807) is 13.8 Å². The molecular formula is C22H24O8. The number of phenols is 1. The van der Waals surface area contributed by atoms with E-state index in [2.05, 4.69) is 0 Å². The second-order valence-corrected chi connectivity index (χ2v) is 7.83. The number of carbonyl (C=O) groups is 3. The number of aliphatic carboxylic acids is 1. The third-order valence-corrected chi connectivity index (χ3v) is 6.18. The predicted molar refractivity (Wildman–Crippen MR) is 106 cm³/mol. The molecule has 0 fully saturated rings. The van der Waals surface area contributed by atoms with E-state index in [0.717, 1.165) is 0 Å². The second-order valence-electron chi connectivity index (χ2n) is 7.83. The summed E-state index contributed by atoms with van der Waals surface area (Å²) in [5, 5.41) is 30.7. The topological polar surface area (TPSA) is 130 Å². The van der Waals surface area contributed by atoms with E-state index in [9.17, 15) is 24.6 Å². The molecule has 1 aromatic carbocycles. The summed E-state index contributed by atoms with van der Waals surface area (Å²) in [6.45, 7) is 6.25. The molecule has 3 N–H and O–H groups in total. The monoisotopic (exact) mass is 416 g/mol. The normalized spacial score (nSPS) is 24.3. The third kappa shape index (κ3) is 2.90. The molecule has 1 heterocycles. The quantitative estimate of drug-likeness (QED) is 0.624. The highest BCUT2D eigenvalue weighted by molar-refractivity contribution is 6.27. The highest BCUT2D eigenvalue weighted by Crippen LogP contribution is 2.53. The third-order valence-electron chi connectivity index (χ3n) is 6.18. The van der Waals surface area contributed by atoms with Gasteiger partial charge in [0.25, 0.3) is 0 Å². The van der Waals surface area contributed by atoms with Gasteiger partial charge in [-0.15, -0.1) is 0 Å². The van der Waals surface area contributed by atoms with Crippen LogP contribution >= 0.6 is 0 Å². The Morgan fingerprint density at radius 3 is 2.57 bits per heavy atom. The van der Waals surface area contributed by atoms with Gasteiger partial charge in [0.15, 0.2) is 11.5 Å². The molecule has 8 nitrogen and oxygen atoms in total. The first-order valence-corrected chi connectivity index (χ1v) is 9.46. The smallest absolute Gasteiger partial charge is 0.330 e. The molecule has 3 unspecified atom stereocenters. The van der Waals surface area contributed by atoms with Gasteiger partial charge in [-0.05, 0) is 40.2 Å². The lowest BCUT2D eigenvalue weighted by molar-refractivity contribution is -0.132. The number of carboxylic acids is 1. The number of ether oxygens (including phenoxy) is 2. The van der Waals surface area contributed by atoms with Crippen molar-refractivity contribution in [3.8, 4) is 11.5 Å². The van der Waals surface area contributed by atoms with Crippen LogP contribution in [0.5, 0.6) is 11.5 Å². The molecule has 3 rings (SSSR count). The Morgan fingerprint density at radius 2 is 2.00 bits per heavy atom. The van der Waals surface area contributed by atoms with Crippen molar-refractivity contribution < 1.29 is 39.2 Å². The van der Waals surface area contributed by atoms with Crippen LogP contribution in [0.1, 0.15) is 60.4 Å². The number of carboxylic acid groups (broad SMARTS) is 1. The average molecular weight is 416 g/mol. The Kier molecular flexibility index (Phi) is 5.24. The van der Waals surface area contributed by atoms with Gasteiger partial charge in [-0.1, -0.05) is 6.08 Å². The van der Waals surface area contributed by atoms with Crippen molar-refractivity contribution in [2.75, 3.05) is 7.11 Å². The predicted octanol–water partition coefficient (Wildman–Crippen LogP) is 2.51. The van der Waals surface area contributed by atoms with Crippen molar-refractivity contribution >= 4 is 17.5 Å². The van der Waals surface area contributed by atoms with E-state index in [4.69, 9.17) is 14.6 Å². The van der Waals surface area contributed by atoms with Crippen LogP contribution in [-0.2, 0) is 14.9 Å². The molecule has 30 heavy (non-hydrogen) atoms. The van der Waals surface area contributed by atoms with Crippen molar-refractivity contribution in [2.45, 2.75) is 51.7 Å². The van der Waals surface area contributed by atoms with Gasteiger partial charge in [0.2, 0.25) is 5.78 Å². The molecule has 0 amide bonds. The molecule has 2 aliphatic rings. The van der Waals surface area contributed by atoms with Gasteiger partial charge in [0.05, 0.1) is 24.2 Å². The van der Waals surface area contributed by atoms with Crippen LogP contribution in [-0.4, -0.2) is 52.2 Å². The summed E-state index contributed by atoms with van der Waals surface area (Å²) in [4.78, 5) is 36.8. The standard InChI is InChI=1S/C22H24O8/c1-9(21(27)28)6-7-14(24)22(4)11(3)30-20-15-12(8-13(23)16(20)22)18(26)19(29-5)10(2)17(15)25/h6,8,11,14,23-24H,7H2,1-5H3,(H,27,28)/b9-6+. The number of allylic oxidation sites excluding steroid dienone is 2. The second kappa shape index (κ2) is 7.28. The van der Waals surface area contributed by atoms with Gasteiger partial charge in [0, 0.05) is 22.3 Å². The summed E-state index contributed by atoms with van der Waals surface area (Å²) in [5.41, 5.74) is -0.706. The lowest BCUT2D eigenvalue weighted by atomic mass is 9.71. The minimum atomic E-state index is -1.15. The summed E-state index contributed by atoms with van der Waals surface area (Å²) in [5.74, 6) is -2.40. The van der Waals surface area contributed by atoms with Crippen LogP contribution in [0.25, 0.3) is 0 Å². The molecule has 0 saturated heterocycles. The zero-order valence-corrected chi connectivity index (χ0v) is 17.4. The Morgan fingerprint density at radius 1 is 1.37 bits per heavy atom. The Labute approximate surface area is 173 Å². The van der Waals surface area contributed by atoms with Crippen LogP contribution in [0.3, 0.4) is 0 Å². The first kappa shape index (κ1) is 21.6. The number of benzene rings is 1. The van der Waals surface area contributed by atoms with Crippen molar-refractivity contribution in [3.05, 3.63) is 45.7 Å². The largest absolute Gasteiger partial charge is 0.507 e. The fraction of sp³-hybridized carbons (Fsp3) is 0.409. The molecular weight excluding hydrogens is 392 g/mol. The molecule has 0 aromatic heterocycles. The van der Waals surface area contributed by atoms with Gasteiger partial charge in [-0.3, -0.25) is 9.59 Å². The van der Waals surface area contributed by atoms with Crippen LogP contribution in [0.2, 0.25) is 0 Å². The lowest BCUT2D eigenvalue weighted by Gasteiger charge is -2.33. The number of ketones is 2. The number of phenolic OH excluding ortho intramolecular Hbond substituents is 1. The fourth-order valence-electron chi connectivity index (χ4n) is 4.08. The number of hydrogen-bond acceptors (Lipinski definition) is 7. The van der Waals surface area contributed by atoms with E-state index in [0.29, 0.717) is 0 Å². The van der Waals surface area contributed by atoms with Crippen molar-refractivity contribution in [1.82, 2.24) is 0 Å². The summed E-state index contributed by atoms with van der Waals surface area (Å²) < 4.78 is 11.0. The van der Waals surface area contributed by atoms with E-state index in [-0.39, 0.29) is 51.5 Å². The van der Waals surface area contributed by atoms with Gasteiger partial charge in [0.1, 0.15) is 17.6 Å². The molecule has 1 aromatic rings. The van der Waals surface area contributed by atoms with Crippen molar-refractivity contribution in [3.63, 3.8) is 0 Å². The molecule has 1 aliphatic carbocycles. The number of aromatic hydroxyl groups is 1. The van der Waals surface area contributed by atoms with Crippen LogP contribution in [0, 0.1) is 0 Å². The molecule has 8 heteroatoms. The molecule has 160 valence electrons. The molecule has 0 radical (unpaired) electrons. The van der Waals surface area contributed by atoms with Gasteiger partial charge >= 0.3 is 5.97 Å². The maximum Gasteiger partial charge on any atom is 0.330 e. The van der Waals surface area contributed by atoms with Crippen LogP contribution in [0.15, 0.2) is 29.0 Å². The maximum absolute atomic E-state index is 13.0. The Balaban J connectivity index is 2.16. The Bertz CT molecular complexity index is 1030. The molecule has 1 aliphatic heterocycles. The maximum atomic E-state index is 13.0. The first-order valence-electron chi connectivity index (χ1n) is 9.46. The number of aliphatic hydroxyl groups excluding tert-OH is 1. The summed E-state index contributed by atoms with van der Waals surface area (Å²) in [7, 11) is 1.29. The summed E-state index contributed by atoms with van der Waals surface area (Å²) in [6.07, 6.45) is -0.384. The number of Topliss-reactive ketones (excluding diaryl/α,β-unsaturated/α-hetero) is 2. The highest BCUT2D eigenvalue weighted by atomic mass is 16.5. The first-order chi connectivity index (χ1) is 14.0.